The van der Waals surface area contributed by atoms with E-state index in [-0.39, 0.29) is 18.1 Å². The van der Waals surface area contributed by atoms with E-state index in [1.165, 1.54) is 15.3 Å². The molecule has 2 unspecified atom stereocenters. The van der Waals surface area contributed by atoms with Crippen molar-refractivity contribution in [2.45, 2.75) is 39.3 Å². The van der Waals surface area contributed by atoms with Gasteiger partial charge in [0.05, 0.1) is 18.7 Å². The lowest BCUT2D eigenvalue weighted by Gasteiger charge is -2.27. The van der Waals surface area contributed by atoms with Gasteiger partial charge in [-0.25, -0.2) is 4.79 Å². The van der Waals surface area contributed by atoms with Crippen LogP contribution in [0.2, 0.25) is 0 Å². The summed E-state index contributed by atoms with van der Waals surface area (Å²) in [7, 11) is 0. The minimum atomic E-state index is -0.137. The van der Waals surface area contributed by atoms with Crippen LogP contribution in [0.4, 0.5) is 4.79 Å². The first-order valence-corrected chi connectivity index (χ1v) is 8.72. The molecule has 2 N–H and O–H groups in total. The van der Waals surface area contributed by atoms with Crippen molar-refractivity contribution in [3.05, 3.63) is 51.2 Å². The number of carbonyl (C=O) groups is 1. The molecular weight excluding hydrogens is 308 g/mol. The average molecular weight is 330 g/mol. The Balaban J connectivity index is 1.65. The summed E-state index contributed by atoms with van der Waals surface area (Å²) in [5.74, 6) is 0.862. The molecule has 2 aromatic rings. The molecule has 0 bridgehead atoms. The van der Waals surface area contributed by atoms with E-state index >= 15 is 0 Å². The molecule has 2 atom stereocenters. The van der Waals surface area contributed by atoms with Crippen molar-refractivity contribution in [1.29, 1.82) is 0 Å². The molecule has 0 fully saturated rings. The van der Waals surface area contributed by atoms with Gasteiger partial charge < -0.3 is 15.4 Å². The molecular formula is C18H22N2O2S. The molecule has 3 rings (SSSR count). The Labute approximate surface area is 140 Å². The number of aryl methyl sites for hydroxylation is 2. The van der Waals surface area contributed by atoms with Crippen LogP contribution in [-0.2, 0) is 0 Å². The molecule has 1 aromatic carbocycles. The summed E-state index contributed by atoms with van der Waals surface area (Å²) in [5, 5.41) is 6.12. The molecule has 0 saturated carbocycles. The van der Waals surface area contributed by atoms with Crippen LogP contribution >= 0.6 is 11.3 Å². The topological polar surface area (TPSA) is 50.4 Å². The zero-order valence-corrected chi connectivity index (χ0v) is 14.5. The third-order valence-electron chi connectivity index (χ3n) is 4.16. The van der Waals surface area contributed by atoms with Crippen LogP contribution in [0.5, 0.6) is 5.75 Å². The van der Waals surface area contributed by atoms with Crippen LogP contribution < -0.4 is 15.4 Å². The third-order valence-corrected chi connectivity index (χ3v) is 5.14. The molecule has 1 aromatic heterocycles. The Kier molecular flexibility index (Phi) is 4.57. The molecule has 0 spiro atoms. The zero-order chi connectivity index (χ0) is 16.4. The van der Waals surface area contributed by atoms with Crippen LogP contribution in [0.3, 0.4) is 0 Å². The lowest BCUT2D eigenvalue weighted by Crippen LogP contribution is -2.40. The van der Waals surface area contributed by atoms with Crippen molar-refractivity contribution >= 4 is 17.4 Å². The summed E-state index contributed by atoms with van der Waals surface area (Å²) < 4.78 is 5.63. The highest BCUT2D eigenvalue weighted by molar-refractivity contribution is 7.12. The molecule has 2 amide bonds. The van der Waals surface area contributed by atoms with Crippen LogP contribution in [-0.4, -0.2) is 12.6 Å². The van der Waals surface area contributed by atoms with E-state index in [9.17, 15) is 4.79 Å². The number of benzene rings is 1. The number of rotatable bonds is 3. The maximum Gasteiger partial charge on any atom is 0.315 e. The number of ether oxygens (including phenoxy) is 1. The minimum Gasteiger partial charge on any atom is -0.493 e. The number of para-hydroxylation sites is 1. The number of fused-ring (bicyclic) bond motifs is 1. The second-order valence-electron chi connectivity index (χ2n) is 5.94. The predicted octanol–water partition coefficient (Wildman–Crippen LogP) is 4.25. The van der Waals surface area contributed by atoms with E-state index in [1.54, 1.807) is 11.3 Å². The fourth-order valence-corrected chi connectivity index (χ4v) is 4.07. The number of nitrogens with one attached hydrogen (secondary N) is 2. The van der Waals surface area contributed by atoms with Gasteiger partial charge in [-0.15, -0.1) is 11.3 Å². The van der Waals surface area contributed by atoms with Crippen molar-refractivity contribution in [2.24, 2.45) is 0 Å². The third kappa shape index (κ3) is 3.50. The van der Waals surface area contributed by atoms with Crippen molar-refractivity contribution < 1.29 is 9.53 Å². The fourth-order valence-electron chi connectivity index (χ4n) is 3.05. The van der Waals surface area contributed by atoms with Crippen LogP contribution in [0.25, 0.3) is 0 Å². The highest BCUT2D eigenvalue weighted by atomic mass is 32.1. The Bertz CT molecular complexity index is 711. The van der Waals surface area contributed by atoms with Gasteiger partial charge in [0.2, 0.25) is 0 Å². The summed E-state index contributed by atoms with van der Waals surface area (Å²) in [4.78, 5) is 14.9. The number of carbonyl (C=O) groups excluding carboxylic acids is 1. The van der Waals surface area contributed by atoms with Gasteiger partial charge >= 0.3 is 6.03 Å². The van der Waals surface area contributed by atoms with E-state index in [0.29, 0.717) is 6.61 Å². The maximum absolute atomic E-state index is 12.4. The highest BCUT2D eigenvalue weighted by Gasteiger charge is 2.23. The molecule has 1 aliphatic heterocycles. The van der Waals surface area contributed by atoms with Crippen LogP contribution in [0.1, 0.15) is 46.3 Å². The van der Waals surface area contributed by atoms with Gasteiger partial charge in [-0.2, -0.15) is 0 Å². The SMILES string of the molecule is Cc1cc(C(C)NC(=O)NC2CCOc3ccccc32)c(C)s1. The van der Waals surface area contributed by atoms with Crippen molar-refractivity contribution in [3.8, 4) is 5.75 Å². The number of amides is 2. The Hall–Kier alpha value is -2.01. The molecule has 1 aliphatic rings. The summed E-state index contributed by atoms with van der Waals surface area (Å²) >= 11 is 1.76. The maximum atomic E-state index is 12.4. The van der Waals surface area contributed by atoms with Crippen molar-refractivity contribution in [2.75, 3.05) is 6.61 Å². The molecule has 0 aliphatic carbocycles. The molecule has 122 valence electrons. The standard InChI is InChI=1S/C18H22N2O2S/c1-11-10-15(13(3)23-11)12(2)19-18(21)20-16-8-9-22-17-7-5-4-6-14(16)17/h4-7,10,12,16H,8-9H2,1-3H3,(H2,19,20,21). The second kappa shape index (κ2) is 6.62. The monoisotopic (exact) mass is 330 g/mol. The van der Waals surface area contributed by atoms with Gasteiger partial charge in [0.1, 0.15) is 5.75 Å². The average Bonchev–Trinajstić information content (AvgIpc) is 2.86. The predicted molar refractivity (Wildman–Crippen MR) is 93.2 cm³/mol. The first-order chi connectivity index (χ1) is 11.0. The zero-order valence-electron chi connectivity index (χ0n) is 13.7. The van der Waals surface area contributed by atoms with Gasteiger partial charge in [-0.05, 0) is 38.5 Å². The summed E-state index contributed by atoms with van der Waals surface area (Å²) in [5.41, 5.74) is 2.24. The Morgan fingerprint density at radius 1 is 1.35 bits per heavy atom. The lowest BCUT2D eigenvalue weighted by molar-refractivity contribution is 0.221. The second-order valence-corrected chi connectivity index (χ2v) is 7.40. The molecule has 2 heterocycles. The number of urea groups is 1. The van der Waals surface area contributed by atoms with Gasteiger partial charge in [0, 0.05) is 21.7 Å². The van der Waals surface area contributed by atoms with E-state index in [1.807, 2.05) is 31.2 Å². The first-order valence-electron chi connectivity index (χ1n) is 7.90. The van der Waals surface area contributed by atoms with Crippen LogP contribution in [0.15, 0.2) is 30.3 Å². The van der Waals surface area contributed by atoms with Gasteiger partial charge in [-0.3, -0.25) is 0 Å². The highest BCUT2D eigenvalue weighted by Crippen LogP contribution is 2.31. The molecule has 0 radical (unpaired) electrons. The molecule has 5 heteroatoms. The quantitative estimate of drug-likeness (QED) is 0.884. The number of hydrogen-bond donors (Lipinski definition) is 2. The van der Waals surface area contributed by atoms with E-state index < -0.39 is 0 Å². The summed E-state index contributed by atoms with van der Waals surface area (Å²) in [6.45, 7) is 6.83. The van der Waals surface area contributed by atoms with Gasteiger partial charge in [0.25, 0.3) is 0 Å². The summed E-state index contributed by atoms with van der Waals surface area (Å²) in [6.07, 6.45) is 0.787. The van der Waals surface area contributed by atoms with Gasteiger partial charge in [0.15, 0.2) is 0 Å². The Morgan fingerprint density at radius 3 is 2.87 bits per heavy atom. The number of hydrogen-bond acceptors (Lipinski definition) is 3. The van der Waals surface area contributed by atoms with Crippen LogP contribution in [0, 0.1) is 13.8 Å². The molecule has 0 saturated heterocycles. The van der Waals surface area contributed by atoms with E-state index in [2.05, 4.69) is 30.5 Å². The smallest absolute Gasteiger partial charge is 0.315 e. The Morgan fingerprint density at radius 2 is 2.13 bits per heavy atom. The van der Waals surface area contributed by atoms with E-state index in [4.69, 9.17) is 4.74 Å². The van der Waals surface area contributed by atoms with Crippen molar-refractivity contribution in [1.82, 2.24) is 10.6 Å². The fraction of sp³-hybridized carbons (Fsp3) is 0.389. The summed E-state index contributed by atoms with van der Waals surface area (Å²) in [6, 6.07) is 9.88. The van der Waals surface area contributed by atoms with E-state index in [0.717, 1.165) is 17.7 Å². The first kappa shape index (κ1) is 15.9. The van der Waals surface area contributed by atoms with Crippen molar-refractivity contribution in [3.63, 3.8) is 0 Å². The minimum absolute atomic E-state index is 0.00235. The molecule has 23 heavy (non-hydrogen) atoms. The largest absolute Gasteiger partial charge is 0.493 e. The molecule has 4 nitrogen and oxygen atoms in total. The lowest BCUT2D eigenvalue weighted by atomic mass is 10.0. The number of thiophene rings is 1. The van der Waals surface area contributed by atoms with Gasteiger partial charge in [-0.1, -0.05) is 18.2 Å². The normalized spacial score (nSPS) is 17.8.